The molecule has 0 unspecified atom stereocenters. The number of rotatable bonds is 5. The quantitative estimate of drug-likeness (QED) is 0.881. The molecule has 0 aliphatic carbocycles. The molecule has 0 aliphatic rings. The van der Waals surface area contributed by atoms with E-state index in [-0.39, 0.29) is 5.82 Å². The van der Waals surface area contributed by atoms with E-state index in [1.165, 1.54) is 6.07 Å². The molecule has 0 saturated heterocycles. The van der Waals surface area contributed by atoms with Gasteiger partial charge < -0.3 is 14.8 Å². The molecule has 3 nitrogen and oxygen atoms in total. The number of hydrogen-bond donors (Lipinski definition) is 2. The van der Waals surface area contributed by atoms with Gasteiger partial charge in [-0.25, -0.2) is 4.39 Å². The fraction of sp³-hybridized carbons (Fsp3) is 0.375. The Morgan fingerprint density at radius 3 is 2.70 bits per heavy atom. The second-order valence-corrected chi connectivity index (χ2v) is 5.59. The molecular weight excluding hydrogens is 257 g/mol. The summed E-state index contributed by atoms with van der Waals surface area (Å²) in [5.41, 5.74) is 0.589. The number of nitrogens with one attached hydrogen (secondary N) is 1. The lowest BCUT2D eigenvalue weighted by molar-refractivity contribution is 0.0790. The molecule has 1 aromatic carbocycles. The van der Waals surface area contributed by atoms with Gasteiger partial charge in [0.15, 0.2) is 0 Å². The number of hydrogen-bond acceptors (Lipinski definition) is 3. The van der Waals surface area contributed by atoms with E-state index in [2.05, 4.69) is 5.32 Å². The lowest BCUT2D eigenvalue weighted by Gasteiger charge is -2.16. The second kappa shape index (κ2) is 5.77. The Morgan fingerprint density at radius 1 is 1.25 bits per heavy atom. The highest BCUT2D eigenvalue weighted by Gasteiger charge is 2.13. The molecule has 2 aromatic rings. The predicted molar refractivity (Wildman–Crippen MR) is 76.8 cm³/mol. The zero-order chi connectivity index (χ0) is 14.8. The highest BCUT2D eigenvalue weighted by molar-refractivity contribution is 5.62. The van der Waals surface area contributed by atoms with Crippen LogP contribution in [-0.4, -0.2) is 17.3 Å². The van der Waals surface area contributed by atoms with Crippen LogP contribution in [0.15, 0.2) is 34.7 Å². The van der Waals surface area contributed by atoms with Crippen molar-refractivity contribution >= 4 is 0 Å². The van der Waals surface area contributed by atoms with Crippen molar-refractivity contribution in [1.29, 1.82) is 0 Å². The van der Waals surface area contributed by atoms with Gasteiger partial charge in [-0.15, -0.1) is 0 Å². The van der Waals surface area contributed by atoms with Gasteiger partial charge in [0.05, 0.1) is 12.1 Å². The van der Waals surface area contributed by atoms with Crippen LogP contribution < -0.4 is 5.32 Å². The van der Waals surface area contributed by atoms with E-state index in [0.717, 1.165) is 11.3 Å². The maximum absolute atomic E-state index is 13.5. The van der Waals surface area contributed by atoms with Crippen LogP contribution >= 0.6 is 0 Å². The Labute approximate surface area is 118 Å². The first-order chi connectivity index (χ1) is 9.37. The number of aliphatic hydroxyl groups is 1. The third kappa shape index (κ3) is 3.68. The molecule has 2 N–H and O–H groups in total. The normalized spacial score (nSPS) is 11.8. The summed E-state index contributed by atoms with van der Waals surface area (Å²) in [6, 6.07) is 8.64. The predicted octanol–water partition coefficient (Wildman–Crippen LogP) is 3.25. The summed E-state index contributed by atoms with van der Waals surface area (Å²) >= 11 is 0. The molecule has 2 rings (SSSR count). The SMILES string of the molecule is Cc1c(F)cccc1-c1ccc(CNCC(C)(C)O)o1. The van der Waals surface area contributed by atoms with Crippen LogP contribution in [0.1, 0.15) is 25.2 Å². The Hall–Kier alpha value is -1.65. The minimum atomic E-state index is -0.755. The minimum absolute atomic E-state index is 0.236. The van der Waals surface area contributed by atoms with E-state index in [1.54, 1.807) is 26.8 Å². The first kappa shape index (κ1) is 14.8. The van der Waals surface area contributed by atoms with Gasteiger partial charge in [-0.2, -0.15) is 0 Å². The van der Waals surface area contributed by atoms with Gasteiger partial charge in [0.2, 0.25) is 0 Å². The van der Waals surface area contributed by atoms with Crippen molar-refractivity contribution in [2.75, 3.05) is 6.54 Å². The fourth-order valence-corrected chi connectivity index (χ4v) is 1.98. The number of halogens is 1. The van der Waals surface area contributed by atoms with Crippen LogP contribution in [0.3, 0.4) is 0 Å². The van der Waals surface area contributed by atoms with Gasteiger partial charge in [-0.1, -0.05) is 12.1 Å². The van der Waals surface area contributed by atoms with E-state index in [1.807, 2.05) is 18.2 Å². The lowest BCUT2D eigenvalue weighted by Crippen LogP contribution is -2.34. The minimum Gasteiger partial charge on any atom is -0.460 e. The molecule has 4 heteroatoms. The summed E-state index contributed by atoms with van der Waals surface area (Å²) in [6.45, 7) is 6.22. The van der Waals surface area contributed by atoms with Crippen LogP contribution in [0.4, 0.5) is 4.39 Å². The zero-order valence-corrected chi connectivity index (χ0v) is 12.0. The summed E-state index contributed by atoms with van der Waals surface area (Å²) in [7, 11) is 0. The smallest absolute Gasteiger partial charge is 0.134 e. The van der Waals surface area contributed by atoms with E-state index >= 15 is 0 Å². The van der Waals surface area contributed by atoms with E-state index < -0.39 is 5.60 Å². The third-order valence-electron chi connectivity index (χ3n) is 3.05. The van der Waals surface area contributed by atoms with Crippen molar-refractivity contribution in [3.05, 3.63) is 47.5 Å². The van der Waals surface area contributed by atoms with E-state index in [4.69, 9.17) is 4.42 Å². The van der Waals surface area contributed by atoms with Crippen molar-refractivity contribution in [1.82, 2.24) is 5.32 Å². The molecule has 108 valence electrons. The van der Waals surface area contributed by atoms with Crippen molar-refractivity contribution in [3.63, 3.8) is 0 Å². The molecule has 0 atom stereocenters. The molecule has 0 bridgehead atoms. The van der Waals surface area contributed by atoms with Crippen LogP contribution in [0.2, 0.25) is 0 Å². The van der Waals surface area contributed by atoms with Gasteiger partial charge in [0.25, 0.3) is 0 Å². The Balaban J connectivity index is 2.07. The van der Waals surface area contributed by atoms with Gasteiger partial charge in [-0.3, -0.25) is 0 Å². The molecule has 0 fully saturated rings. The number of benzene rings is 1. The van der Waals surface area contributed by atoms with E-state index in [0.29, 0.717) is 24.4 Å². The molecular formula is C16H20FNO2. The summed E-state index contributed by atoms with van der Waals surface area (Å²) in [4.78, 5) is 0. The van der Waals surface area contributed by atoms with Gasteiger partial charge in [-0.05, 0) is 44.5 Å². The lowest BCUT2D eigenvalue weighted by atomic mass is 10.1. The van der Waals surface area contributed by atoms with Gasteiger partial charge in [0, 0.05) is 12.1 Å². The second-order valence-electron chi connectivity index (χ2n) is 5.59. The molecule has 0 spiro atoms. The average molecular weight is 277 g/mol. The molecule has 0 aliphatic heterocycles. The summed E-state index contributed by atoms with van der Waals surface area (Å²) < 4.78 is 19.2. The largest absolute Gasteiger partial charge is 0.460 e. The zero-order valence-electron chi connectivity index (χ0n) is 12.0. The standard InChI is InChI=1S/C16H20FNO2/c1-11-13(5-4-6-14(11)17)15-8-7-12(20-15)9-18-10-16(2,3)19/h4-8,18-19H,9-10H2,1-3H3. The molecule has 0 amide bonds. The van der Waals surface area contributed by atoms with Crippen LogP contribution in [0.5, 0.6) is 0 Å². The highest BCUT2D eigenvalue weighted by atomic mass is 19.1. The highest BCUT2D eigenvalue weighted by Crippen LogP contribution is 2.26. The van der Waals surface area contributed by atoms with Gasteiger partial charge in [0.1, 0.15) is 17.3 Å². The molecule has 1 heterocycles. The fourth-order valence-electron chi connectivity index (χ4n) is 1.98. The maximum Gasteiger partial charge on any atom is 0.134 e. The molecule has 1 aromatic heterocycles. The first-order valence-electron chi connectivity index (χ1n) is 6.64. The van der Waals surface area contributed by atoms with E-state index in [9.17, 15) is 9.50 Å². The van der Waals surface area contributed by atoms with Crippen molar-refractivity contribution in [2.45, 2.75) is 32.9 Å². The molecule has 0 saturated carbocycles. The molecule has 20 heavy (non-hydrogen) atoms. The van der Waals surface area contributed by atoms with Crippen molar-refractivity contribution in [3.8, 4) is 11.3 Å². The number of furan rings is 1. The Bertz CT molecular complexity index is 584. The average Bonchev–Trinajstić information content (AvgIpc) is 2.79. The third-order valence-corrected chi connectivity index (χ3v) is 3.05. The topological polar surface area (TPSA) is 45.4 Å². The first-order valence-corrected chi connectivity index (χ1v) is 6.64. The summed E-state index contributed by atoms with van der Waals surface area (Å²) in [6.07, 6.45) is 0. The van der Waals surface area contributed by atoms with Crippen LogP contribution in [-0.2, 0) is 6.54 Å². The van der Waals surface area contributed by atoms with Crippen molar-refractivity contribution in [2.24, 2.45) is 0 Å². The van der Waals surface area contributed by atoms with Crippen LogP contribution in [0.25, 0.3) is 11.3 Å². The van der Waals surface area contributed by atoms with Crippen LogP contribution in [0, 0.1) is 12.7 Å². The monoisotopic (exact) mass is 277 g/mol. The summed E-state index contributed by atoms with van der Waals surface area (Å²) in [5.74, 6) is 1.18. The Kier molecular flexibility index (Phi) is 4.26. The molecule has 0 radical (unpaired) electrons. The summed E-state index contributed by atoms with van der Waals surface area (Å²) in [5, 5.41) is 12.7. The Morgan fingerprint density at radius 2 is 2.00 bits per heavy atom. The maximum atomic E-state index is 13.5. The van der Waals surface area contributed by atoms with Crippen molar-refractivity contribution < 1.29 is 13.9 Å². The van der Waals surface area contributed by atoms with Gasteiger partial charge >= 0.3 is 0 Å².